The van der Waals surface area contributed by atoms with Gasteiger partial charge in [0, 0.05) is 24.9 Å². The number of alkyl halides is 1. The molecule has 1 saturated heterocycles. The molecule has 1 fully saturated rings. The van der Waals surface area contributed by atoms with E-state index >= 15 is 0 Å². The summed E-state index contributed by atoms with van der Waals surface area (Å²) in [7, 11) is 0. The lowest BCUT2D eigenvalue weighted by Gasteiger charge is -2.21. The van der Waals surface area contributed by atoms with E-state index in [2.05, 4.69) is 11.3 Å². The lowest BCUT2D eigenvalue weighted by atomic mass is 10.0. The molecule has 0 aromatic heterocycles. The number of hydrogen-bond donors (Lipinski definition) is 0. The van der Waals surface area contributed by atoms with E-state index in [0.29, 0.717) is 25.9 Å². The van der Waals surface area contributed by atoms with Gasteiger partial charge < -0.3 is 9.64 Å². The lowest BCUT2D eigenvalue weighted by Crippen LogP contribution is -2.35. The first-order valence-corrected chi connectivity index (χ1v) is 7.10. The average molecular weight is 285 g/mol. The molecule has 1 aliphatic rings. The topological polar surface area (TPSA) is 46.6 Å². The Hall–Kier alpha value is -1.39. The lowest BCUT2D eigenvalue weighted by molar-refractivity contribution is -0.151. The molecule has 0 bridgehead atoms. The van der Waals surface area contributed by atoms with Crippen LogP contribution in [-0.4, -0.2) is 42.6 Å². The molecule has 3 unspecified atom stereocenters. The molecule has 0 radical (unpaired) electrons. The van der Waals surface area contributed by atoms with Crippen molar-refractivity contribution < 1.29 is 18.7 Å². The van der Waals surface area contributed by atoms with Gasteiger partial charge in [0.05, 0.1) is 6.61 Å². The smallest absolute Gasteiger partial charge is 0.341 e. The highest BCUT2D eigenvalue weighted by Crippen LogP contribution is 2.25. The molecule has 0 N–H and O–H groups in total. The fourth-order valence-corrected chi connectivity index (χ4v) is 2.56. The molecule has 20 heavy (non-hydrogen) atoms. The molecule has 1 amide bonds. The van der Waals surface area contributed by atoms with Crippen molar-refractivity contribution in [3.63, 3.8) is 0 Å². The van der Waals surface area contributed by atoms with Crippen LogP contribution in [-0.2, 0) is 14.3 Å². The number of carbonyl (C=O) groups excluding carboxylic acids is 2. The normalized spacial score (nSPS) is 21.4. The van der Waals surface area contributed by atoms with Crippen LogP contribution in [0.15, 0.2) is 12.2 Å². The van der Waals surface area contributed by atoms with E-state index in [4.69, 9.17) is 0 Å². The predicted octanol–water partition coefficient (Wildman–Crippen LogP) is 2.34. The Morgan fingerprint density at radius 3 is 2.70 bits per heavy atom. The number of rotatable bonds is 6. The van der Waals surface area contributed by atoms with E-state index < -0.39 is 18.1 Å². The van der Waals surface area contributed by atoms with E-state index in [1.807, 2.05) is 13.8 Å². The van der Waals surface area contributed by atoms with Gasteiger partial charge in [-0.3, -0.25) is 4.79 Å². The maximum absolute atomic E-state index is 13.9. The molecule has 0 aliphatic carbocycles. The number of esters is 1. The van der Waals surface area contributed by atoms with Gasteiger partial charge in [0.2, 0.25) is 12.1 Å². The first-order chi connectivity index (χ1) is 9.36. The van der Waals surface area contributed by atoms with Crippen LogP contribution in [0.25, 0.3) is 0 Å². The first-order valence-electron chi connectivity index (χ1n) is 7.10. The van der Waals surface area contributed by atoms with Crippen LogP contribution < -0.4 is 0 Å². The van der Waals surface area contributed by atoms with Gasteiger partial charge in [-0.05, 0) is 26.7 Å². The number of carbonyl (C=O) groups is 2. The summed E-state index contributed by atoms with van der Waals surface area (Å²) < 4.78 is 18.6. The molecule has 4 nitrogen and oxygen atoms in total. The highest BCUT2D eigenvalue weighted by atomic mass is 19.1. The van der Waals surface area contributed by atoms with E-state index in [1.54, 1.807) is 11.8 Å². The highest BCUT2D eigenvalue weighted by molar-refractivity contribution is 5.79. The Balaban J connectivity index is 2.52. The summed E-state index contributed by atoms with van der Waals surface area (Å²) in [5, 5.41) is 0. The molecule has 114 valence electrons. The summed E-state index contributed by atoms with van der Waals surface area (Å²) in [6, 6.07) is 0. The van der Waals surface area contributed by atoms with Gasteiger partial charge in [-0.1, -0.05) is 12.5 Å². The van der Waals surface area contributed by atoms with Gasteiger partial charge in [-0.2, -0.15) is 0 Å². The van der Waals surface area contributed by atoms with E-state index in [9.17, 15) is 14.0 Å². The number of hydrogen-bond acceptors (Lipinski definition) is 3. The van der Waals surface area contributed by atoms with Crippen LogP contribution >= 0.6 is 0 Å². The van der Waals surface area contributed by atoms with E-state index in [0.717, 1.165) is 5.57 Å². The van der Waals surface area contributed by atoms with Crippen molar-refractivity contribution in [1.82, 2.24) is 4.90 Å². The fourth-order valence-electron chi connectivity index (χ4n) is 2.56. The molecule has 1 rings (SSSR count). The molecular formula is C15H24FNO3. The zero-order valence-corrected chi connectivity index (χ0v) is 12.5. The van der Waals surface area contributed by atoms with E-state index in [-0.39, 0.29) is 18.4 Å². The SMILES string of the molecule is C=C(C)CC(C)C(=O)N1CCC(C(F)C(=O)OCC)C1. The quantitative estimate of drug-likeness (QED) is 0.556. The highest BCUT2D eigenvalue weighted by Gasteiger charge is 2.37. The third-order valence-electron chi connectivity index (χ3n) is 3.54. The fraction of sp³-hybridized carbons (Fsp3) is 0.733. The minimum atomic E-state index is -1.64. The number of amides is 1. The summed E-state index contributed by atoms with van der Waals surface area (Å²) in [6.07, 6.45) is -0.494. The van der Waals surface area contributed by atoms with Crippen molar-refractivity contribution in [1.29, 1.82) is 0 Å². The first kappa shape index (κ1) is 16.7. The minimum absolute atomic E-state index is 0.00607. The second-order valence-corrected chi connectivity index (χ2v) is 5.55. The van der Waals surface area contributed by atoms with Crippen LogP contribution in [0.3, 0.4) is 0 Å². The molecular weight excluding hydrogens is 261 g/mol. The second kappa shape index (κ2) is 7.41. The Morgan fingerprint density at radius 2 is 2.15 bits per heavy atom. The number of likely N-dealkylation sites (tertiary alicyclic amines) is 1. The average Bonchev–Trinajstić information content (AvgIpc) is 2.85. The maximum atomic E-state index is 13.9. The summed E-state index contributed by atoms with van der Waals surface area (Å²) in [5.74, 6) is -1.41. The van der Waals surface area contributed by atoms with Gasteiger partial charge in [0.15, 0.2) is 0 Å². The van der Waals surface area contributed by atoms with Crippen molar-refractivity contribution in [2.45, 2.75) is 39.8 Å². The van der Waals surface area contributed by atoms with Crippen LogP contribution in [0.2, 0.25) is 0 Å². The number of halogens is 1. The predicted molar refractivity (Wildman–Crippen MR) is 74.8 cm³/mol. The Labute approximate surface area is 120 Å². The Bertz CT molecular complexity index is 383. The van der Waals surface area contributed by atoms with Crippen molar-refractivity contribution >= 4 is 11.9 Å². The van der Waals surface area contributed by atoms with Crippen LogP contribution in [0.5, 0.6) is 0 Å². The molecule has 0 saturated carbocycles. The standard InChI is InChI=1S/C15H24FNO3/c1-5-20-15(19)13(16)12-6-7-17(9-12)14(18)11(4)8-10(2)3/h11-13H,2,5-9H2,1,3-4H3. The Morgan fingerprint density at radius 1 is 1.50 bits per heavy atom. The molecule has 0 spiro atoms. The van der Waals surface area contributed by atoms with E-state index in [1.165, 1.54) is 0 Å². The molecule has 3 atom stereocenters. The number of nitrogens with zero attached hydrogens (tertiary/aromatic N) is 1. The summed E-state index contributed by atoms with van der Waals surface area (Å²) >= 11 is 0. The number of allylic oxidation sites excluding steroid dienone is 1. The van der Waals surface area contributed by atoms with Crippen LogP contribution in [0, 0.1) is 11.8 Å². The Kier molecular flexibility index (Phi) is 6.17. The van der Waals surface area contributed by atoms with Crippen LogP contribution in [0.1, 0.15) is 33.6 Å². The second-order valence-electron chi connectivity index (χ2n) is 5.55. The van der Waals surface area contributed by atoms with Gasteiger partial charge in [0.1, 0.15) is 0 Å². The third kappa shape index (κ3) is 4.32. The molecule has 0 aromatic carbocycles. The minimum Gasteiger partial charge on any atom is -0.464 e. The number of ether oxygens (including phenoxy) is 1. The molecule has 5 heteroatoms. The van der Waals surface area contributed by atoms with Crippen molar-refractivity contribution in [2.24, 2.45) is 11.8 Å². The largest absolute Gasteiger partial charge is 0.464 e. The molecule has 0 aromatic rings. The van der Waals surface area contributed by atoms with Crippen LogP contribution in [0.4, 0.5) is 4.39 Å². The summed E-state index contributed by atoms with van der Waals surface area (Å²) in [6.45, 7) is 10.1. The summed E-state index contributed by atoms with van der Waals surface area (Å²) in [4.78, 5) is 25.2. The van der Waals surface area contributed by atoms with Crippen molar-refractivity contribution in [3.8, 4) is 0 Å². The van der Waals surface area contributed by atoms with Gasteiger partial charge >= 0.3 is 5.97 Å². The van der Waals surface area contributed by atoms with Gasteiger partial charge in [0.25, 0.3) is 0 Å². The third-order valence-corrected chi connectivity index (χ3v) is 3.54. The zero-order chi connectivity index (χ0) is 15.3. The van der Waals surface area contributed by atoms with Gasteiger partial charge in [-0.25, -0.2) is 9.18 Å². The van der Waals surface area contributed by atoms with Crippen molar-refractivity contribution in [2.75, 3.05) is 19.7 Å². The van der Waals surface area contributed by atoms with Gasteiger partial charge in [-0.15, -0.1) is 6.58 Å². The maximum Gasteiger partial charge on any atom is 0.341 e. The zero-order valence-electron chi connectivity index (χ0n) is 12.5. The molecule has 1 aliphatic heterocycles. The van der Waals surface area contributed by atoms with Crippen molar-refractivity contribution in [3.05, 3.63) is 12.2 Å². The summed E-state index contributed by atoms with van der Waals surface area (Å²) in [5.41, 5.74) is 0.955. The molecule has 1 heterocycles. The monoisotopic (exact) mass is 285 g/mol.